The zero-order valence-electron chi connectivity index (χ0n) is 15.7. The molecule has 1 N–H and O–H groups in total. The molecule has 0 saturated heterocycles. The van der Waals surface area contributed by atoms with E-state index >= 15 is 0 Å². The number of anilines is 2. The minimum Gasteiger partial charge on any atom is -0.480 e. The summed E-state index contributed by atoms with van der Waals surface area (Å²) in [6.07, 6.45) is -1.60. The molecule has 0 radical (unpaired) electrons. The number of halogens is 5. The van der Waals surface area contributed by atoms with Crippen LogP contribution in [0.15, 0.2) is 37.2 Å². The Morgan fingerprint density at radius 3 is 2.68 bits per heavy atom. The molecule has 13 heteroatoms. The van der Waals surface area contributed by atoms with Crippen LogP contribution in [-0.2, 0) is 5.41 Å². The topological polar surface area (TPSA) is 84.7 Å². The van der Waals surface area contributed by atoms with Gasteiger partial charge in [-0.2, -0.15) is 18.3 Å². The van der Waals surface area contributed by atoms with Gasteiger partial charge in [-0.25, -0.2) is 19.3 Å². The van der Waals surface area contributed by atoms with E-state index in [0.29, 0.717) is 0 Å². The molecule has 2 amide bonds. The third kappa shape index (κ3) is 3.24. The summed E-state index contributed by atoms with van der Waals surface area (Å²) in [6, 6.07) is 1.83. The molecule has 4 rings (SSSR count). The van der Waals surface area contributed by atoms with Crippen molar-refractivity contribution in [1.29, 1.82) is 0 Å². The van der Waals surface area contributed by atoms with Gasteiger partial charge in [0, 0.05) is 6.07 Å². The fraction of sp³-hybridized carbons (Fsp3) is 0.222. The number of nitrogens with one attached hydrogen (secondary N) is 1. The van der Waals surface area contributed by atoms with Gasteiger partial charge in [0.1, 0.15) is 10.4 Å². The normalized spacial score (nSPS) is 18.2. The van der Waals surface area contributed by atoms with Gasteiger partial charge in [0.15, 0.2) is 10.8 Å². The summed E-state index contributed by atoms with van der Waals surface area (Å²) in [5.41, 5.74) is -2.72. The van der Waals surface area contributed by atoms with Crippen LogP contribution in [0.1, 0.15) is 5.69 Å². The Hall–Kier alpha value is -3.05. The second-order valence-corrected chi connectivity index (χ2v) is 7.43. The predicted octanol–water partition coefficient (Wildman–Crippen LogP) is 4.48. The number of urea groups is 1. The van der Waals surface area contributed by atoms with Crippen molar-refractivity contribution in [2.45, 2.75) is 11.6 Å². The lowest BCUT2D eigenvalue weighted by Crippen LogP contribution is -2.47. The second-order valence-electron chi connectivity index (χ2n) is 6.63. The molecule has 1 atom stereocenters. The zero-order valence-corrected chi connectivity index (χ0v) is 17.3. The number of pyridine rings is 1. The summed E-state index contributed by atoms with van der Waals surface area (Å²) < 4.78 is 48.7. The average Bonchev–Trinajstić information content (AvgIpc) is 3.25. The molecule has 3 aromatic heterocycles. The van der Waals surface area contributed by atoms with E-state index in [2.05, 4.69) is 27.0 Å². The Kier molecular flexibility index (Phi) is 4.97. The lowest BCUT2D eigenvalue weighted by atomic mass is 9.85. The summed E-state index contributed by atoms with van der Waals surface area (Å²) >= 11 is 11.9. The highest BCUT2D eigenvalue weighted by molar-refractivity contribution is 6.32. The summed E-state index contributed by atoms with van der Waals surface area (Å²) in [6.45, 7) is 2.62. The van der Waals surface area contributed by atoms with Crippen molar-refractivity contribution in [3.05, 3.63) is 53.1 Å². The number of hydrogen-bond acceptors (Lipinski definition) is 5. The highest BCUT2D eigenvalue weighted by atomic mass is 35.5. The van der Waals surface area contributed by atoms with Crippen molar-refractivity contribution in [2.75, 3.05) is 23.9 Å². The van der Waals surface area contributed by atoms with Gasteiger partial charge in [0.05, 0.1) is 43.1 Å². The number of hydrogen-bond donors (Lipinski definition) is 1. The number of rotatable bonds is 3. The zero-order chi connectivity index (χ0) is 22.6. The van der Waals surface area contributed by atoms with Crippen molar-refractivity contribution >= 4 is 46.3 Å². The summed E-state index contributed by atoms with van der Waals surface area (Å²) in [5, 5.41) is 6.48. The number of ether oxygens (including phenoxy) is 1. The number of nitrogens with zero attached hydrogens (tertiary/aromatic N) is 5. The summed E-state index contributed by atoms with van der Waals surface area (Å²) in [7, 11) is 1.37. The van der Waals surface area contributed by atoms with E-state index in [-0.39, 0.29) is 38.8 Å². The standard InChI is InChI=1S/C18H13Cl2F3N6O2/c1-3-17(18(21,22)23)8-28(11-7-24-13-5-12(20)27-29(13)14(11)17)16(30)26-9-4-10(19)15(31-2)25-6-9/h3-7H,1,8H2,2H3,(H,26,30)/t17-/m1/s1. The molecule has 31 heavy (non-hydrogen) atoms. The Morgan fingerprint density at radius 1 is 1.32 bits per heavy atom. The molecule has 8 nitrogen and oxygen atoms in total. The van der Waals surface area contributed by atoms with Crippen LogP contribution in [0.4, 0.5) is 29.3 Å². The van der Waals surface area contributed by atoms with Crippen LogP contribution in [0.2, 0.25) is 10.2 Å². The number of aromatic nitrogens is 4. The van der Waals surface area contributed by atoms with Gasteiger partial charge in [-0.15, -0.1) is 6.58 Å². The van der Waals surface area contributed by atoms with Crippen LogP contribution in [0.5, 0.6) is 5.88 Å². The number of fused-ring (bicyclic) bond motifs is 3. The Bertz CT molecular complexity index is 1210. The highest BCUT2D eigenvalue weighted by Gasteiger charge is 2.62. The van der Waals surface area contributed by atoms with Crippen molar-refractivity contribution in [2.24, 2.45) is 0 Å². The quantitative estimate of drug-likeness (QED) is 0.568. The van der Waals surface area contributed by atoms with E-state index in [1.807, 2.05) is 0 Å². The van der Waals surface area contributed by atoms with Crippen molar-refractivity contribution in [1.82, 2.24) is 19.6 Å². The van der Waals surface area contributed by atoms with E-state index in [0.717, 1.165) is 15.5 Å². The Balaban J connectivity index is 1.81. The van der Waals surface area contributed by atoms with E-state index < -0.39 is 24.2 Å². The number of methoxy groups -OCH3 is 1. The first-order valence-electron chi connectivity index (χ1n) is 8.64. The lowest BCUT2D eigenvalue weighted by molar-refractivity contribution is -0.172. The van der Waals surface area contributed by atoms with E-state index in [4.69, 9.17) is 27.9 Å². The molecule has 0 bridgehead atoms. The molecule has 1 aliphatic rings. The maximum Gasteiger partial charge on any atom is 0.405 e. The van der Waals surface area contributed by atoms with Gasteiger partial charge in [-0.05, 0) is 6.07 Å². The second kappa shape index (κ2) is 7.27. The first kappa shape index (κ1) is 21.2. The first-order chi connectivity index (χ1) is 14.6. The molecule has 4 heterocycles. The molecule has 3 aromatic rings. The average molecular weight is 473 g/mol. The first-order valence-corrected chi connectivity index (χ1v) is 9.40. The fourth-order valence-corrected chi connectivity index (χ4v) is 3.85. The Labute approximate surface area is 183 Å². The largest absolute Gasteiger partial charge is 0.480 e. The van der Waals surface area contributed by atoms with Crippen molar-refractivity contribution in [3.63, 3.8) is 0 Å². The van der Waals surface area contributed by atoms with E-state index in [1.54, 1.807) is 0 Å². The van der Waals surface area contributed by atoms with E-state index in [1.165, 1.54) is 31.6 Å². The third-order valence-corrected chi connectivity index (χ3v) is 5.36. The van der Waals surface area contributed by atoms with Crippen LogP contribution in [0, 0.1) is 0 Å². The Morgan fingerprint density at radius 2 is 2.06 bits per heavy atom. The van der Waals surface area contributed by atoms with Crippen LogP contribution in [0.3, 0.4) is 0 Å². The van der Waals surface area contributed by atoms with Gasteiger partial charge in [-0.1, -0.05) is 29.3 Å². The van der Waals surface area contributed by atoms with Gasteiger partial charge < -0.3 is 10.1 Å². The number of amides is 2. The summed E-state index contributed by atoms with van der Waals surface area (Å²) in [4.78, 5) is 21.8. The maximum absolute atomic E-state index is 14.3. The lowest BCUT2D eigenvalue weighted by Gasteiger charge is -2.29. The molecule has 0 saturated carbocycles. The third-order valence-electron chi connectivity index (χ3n) is 4.91. The minimum absolute atomic E-state index is 0.0390. The van der Waals surface area contributed by atoms with Crippen LogP contribution < -0.4 is 15.0 Å². The summed E-state index contributed by atoms with van der Waals surface area (Å²) in [5.74, 6) is 0.135. The van der Waals surface area contributed by atoms with Gasteiger partial charge in [0.2, 0.25) is 5.88 Å². The van der Waals surface area contributed by atoms with Crippen molar-refractivity contribution < 1.29 is 22.7 Å². The molecule has 0 aliphatic carbocycles. The monoisotopic (exact) mass is 472 g/mol. The van der Waals surface area contributed by atoms with Gasteiger partial charge >= 0.3 is 12.2 Å². The molecule has 0 aromatic carbocycles. The molecule has 0 fully saturated rings. The number of carbonyl (C=O) groups excluding carboxylic acids is 1. The molecular formula is C18H13Cl2F3N6O2. The van der Waals surface area contributed by atoms with Crippen molar-refractivity contribution in [3.8, 4) is 5.88 Å². The predicted molar refractivity (Wildman–Crippen MR) is 108 cm³/mol. The number of alkyl halides is 3. The smallest absolute Gasteiger partial charge is 0.405 e. The number of carbonyl (C=O) groups is 1. The molecule has 0 spiro atoms. The van der Waals surface area contributed by atoms with Crippen LogP contribution >= 0.6 is 23.2 Å². The van der Waals surface area contributed by atoms with Crippen LogP contribution in [-0.4, -0.2) is 45.4 Å². The highest BCUT2D eigenvalue weighted by Crippen LogP contribution is 2.51. The van der Waals surface area contributed by atoms with Crippen LogP contribution in [0.25, 0.3) is 5.65 Å². The molecule has 162 valence electrons. The molecule has 1 aliphatic heterocycles. The fourth-order valence-electron chi connectivity index (χ4n) is 3.44. The molecular weight excluding hydrogens is 460 g/mol. The SMILES string of the molecule is C=C[C@@]1(C(F)(F)F)CN(C(=O)Nc2cnc(OC)c(Cl)c2)c2cnc3cc(Cl)nn3c21. The maximum atomic E-state index is 14.3. The minimum atomic E-state index is -4.78. The van der Waals surface area contributed by atoms with E-state index in [9.17, 15) is 18.0 Å². The molecule has 0 unspecified atom stereocenters. The van der Waals surface area contributed by atoms with Gasteiger partial charge in [-0.3, -0.25) is 4.90 Å². The van der Waals surface area contributed by atoms with Gasteiger partial charge in [0.25, 0.3) is 0 Å².